The molecule has 0 radical (unpaired) electrons. The average Bonchev–Trinajstić information content (AvgIpc) is 3.04. The van der Waals surface area contributed by atoms with Gasteiger partial charge in [-0.1, -0.05) is 105 Å². The molecule has 9 heteroatoms. The lowest BCUT2D eigenvalue weighted by atomic mass is 10.0. The standard InChI is InChI=1S/C37H42ClN3O4S/c1-5-22-39-37(43)35(24-29-10-7-6-8-11-29)40(25-30-12-9-13-32(38)23-30)36(42)26-41(33-18-16-31(17-19-33)27(2)3)46(44,45)34-20-14-28(4)15-21-34/h6-21,23,27,35H,5,22,24-26H2,1-4H3,(H,39,43)/t35-/m1/s1. The Morgan fingerprint density at radius 2 is 1.50 bits per heavy atom. The molecular weight excluding hydrogens is 618 g/mol. The van der Waals surface area contributed by atoms with Crippen molar-refractivity contribution in [3.05, 3.63) is 130 Å². The van der Waals surface area contributed by atoms with Crippen LogP contribution in [-0.4, -0.2) is 44.3 Å². The van der Waals surface area contributed by atoms with E-state index in [0.29, 0.717) is 17.3 Å². The highest BCUT2D eigenvalue weighted by Crippen LogP contribution is 2.27. The van der Waals surface area contributed by atoms with Gasteiger partial charge in [0.15, 0.2) is 0 Å². The predicted molar refractivity (Wildman–Crippen MR) is 185 cm³/mol. The number of rotatable bonds is 14. The lowest BCUT2D eigenvalue weighted by Crippen LogP contribution is -2.53. The molecule has 0 spiro atoms. The quantitative estimate of drug-likeness (QED) is 0.156. The number of sulfonamides is 1. The number of hydrogen-bond donors (Lipinski definition) is 1. The van der Waals surface area contributed by atoms with E-state index in [9.17, 15) is 18.0 Å². The van der Waals surface area contributed by atoms with Gasteiger partial charge in [-0.2, -0.15) is 0 Å². The Labute approximate surface area is 278 Å². The summed E-state index contributed by atoms with van der Waals surface area (Å²) in [5.41, 5.74) is 3.90. The molecule has 0 aliphatic heterocycles. The SMILES string of the molecule is CCCNC(=O)[C@@H](Cc1ccccc1)N(Cc1cccc(Cl)c1)C(=O)CN(c1ccc(C(C)C)cc1)S(=O)(=O)c1ccc(C)cc1. The Morgan fingerprint density at radius 3 is 2.11 bits per heavy atom. The Kier molecular flexibility index (Phi) is 12.0. The van der Waals surface area contributed by atoms with Gasteiger partial charge >= 0.3 is 0 Å². The molecule has 0 aliphatic carbocycles. The van der Waals surface area contributed by atoms with Gasteiger partial charge in [0.2, 0.25) is 11.8 Å². The van der Waals surface area contributed by atoms with E-state index in [4.69, 9.17) is 11.6 Å². The minimum Gasteiger partial charge on any atom is -0.354 e. The highest BCUT2D eigenvalue weighted by Gasteiger charge is 2.34. The summed E-state index contributed by atoms with van der Waals surface area (Å²) in [6.07, 6.45) is 0.970. The number of carbonyl (C=O) groups excluding carboxylic acids is 2. The summed E-state index contributed by atoms with van der Waals surface area (Å²) >= 11 is 6.32. The third-order valence-corrected chi connectivity index (χ3v) is 9.82. The van der Waals surface area contributed by atoms with E-state index in [-0.39, 0.29) is 29.7 Å². The van der Waals surface area contributed by atoms with Gasteiger partial charge in [-0.15, -0.1) is 0 Å². The van der Waals surface area contributed by atoms with E-state index in [2.05, 4.69) is 19.2 Å². The van der Waals surface area contributed by atoms with E-state index < -0.39 is 28.5 Å². The number of halogens is 1. The van der Waals surface area contributed by atoms with Crippen molar-refractivity contribution < 1.29 is 18.0 Å². The van der Waals surface area contributed by atoms with Crippen molar-refractivity contribution in [2.24, 2.45) is 0 Å². The molecule has 0 heterocycles. The summed E-state index contributed by atoms with van der Waals surface area (Å²) in [4.78, 5) is 29.8. The fourth-order valence-corrected chi connectivity index (χ4v) is 6.77. The summed E-state index contributed by atoms with van der Waals surface area (Å²) in [5, 5.41) is 3.45. The van der Waals surface area contributed by atoms with Crippen molar-refractivity contribution in [3.8, 4) is 0 Å². The average molecular weight is 660 g/mol. The third kappa shape index (κ3) is 8.98. The number of nitrogens with zero attached hydrogens (tertiary/aromatic N) is 2. The number of anilines is 1. The number of aryl methyl sites for hydroxylation is 1. The van der Waals surface area contributed by atoms with Crippen molar-refractivity contribution in [2.75, 3.05) is 17.4 Å². The molecule has 1 N–H and O–H groups in total. The van der Waals surface area contributed by atoms with Crippen LogP contribution in [0.25, 0.3) is 0 Å². The van der Waals surface area contributed by atoms with Crippen LogP contribution in [0.1, 0.15) is 55.4 Å². The molecule has 1 atom stereocenters. The van der Waals surface area contributed by atoms with Gasteiger partial charge in [0.1, 0.15) is 12.6 Å². The van der Waals surface area contributed by atoms with Crippen molar-refractivity contribution in [3.63, 3.8) is 0 Å². The maximum absolute atomic E-state index is 14.5. The Morgan fingerprint density at radius 1 is 0.848 bits per heavy atom. The van der Waals surface area contributed by atoms with E-state index in [1.54, 1.807) is 54.6 Å². The topological polar surface area (TPSA) is 86.8 Å². The monoisotopic (exact) mass is 659 g/mol. The maximum Gasteiger partial charge on any atom is 0.264 e. The molecule has 0 saturated heterocycles. The van der Waals surface area contributed by atoms with Crippen LogP contribution in [-0.2, 0) is 32.6 Å². The molecule has 0 saturated carbocycles. The highest BCUT2D eigenvalue weighted by molar-refractivity contribution is 7.92. The molecule has 7 nitrogen and oxygen atoms in total. The first kappa shape index (κ1) is 34.7. The maximum atomic E-state index is 14.5. The molecular formula is C37H42ClN3O4S. The van der Waals surface area contributed by atoms with Crippen LogP contribution in [0.15, 0.2) is 108 Å². The van der Waals surface area contributed by atoms with Gasteiger partial charge in [0.05, 0.1) is 10.6 Å². The lowest BCUT2D eigenvalue weighted by Gasteiger charge is -2.34. The van der Waals surface area contributed by atoms with E-state index in [1.807, 2.05) is 62.4 Å². The molecule has 242 valence electrons. The van der Waals surface area contributed by atoms with Gasteiger partial charge in [-0.05, 0) is 72.4 Å². The molecule has 0 unspecified atom stereocenters. The largest absolute Gasteiger partial charge is 0.354 e. The normalized spacial score (nSPS) is 12.0. The van der Waals surface area contributed by atoms with Crippen LogP contribution in [0.5, 0.6) is 0 Å². The number of hydrogen-bond acceptors (Lipinski definition) is 4. The predicted octanol–water partition coefficient (Wildman–Crippen LogP) is 7.13. The minimum absolute atomic E-state index is 0.0567. The molecule has 0 fully saturated rings. The summed E-state index contributed by atoms with van der Waals surface area (Å²) in [5.74, 6) is -0.585. The summed E-state index contributed by atoms with van der Waals surface area (Å²) in [6.45, 7) is 7.95. The number of carbonyl (C=O) groups is 2. The zero-order chi connectivity index (χ0) is 33.3. The van der Waals surface area contributed by atoms with Gasteiger partial charge in [0, 0.05) is 24.5 Å². The first-order valence-corrected chi connectivity index (χ1v) is 17.4. The molecule has 4 aromatic rings. The van der Waals surface area contributed by atoms with E-state index in [0.717, 1.165) is 33.0 Å². The summed E-state index contributed by atoms with van der Waals surface area (Å²) in [7, 11) is -4.17. The lowest BCUT2D eigenvalue weighted by molar-refractivity contribution is -0.140. The van der Waals surface area contributed by atoms with E-state index in [1.165, 1.54) is 4.90 Å². The van der Waals surface area contributed by atoms with Crippen molar-refractivity contribution >= 4 is 39.1 Å². The number of benzene rings is 4. The summed E-state index contributed by atoms with van der Waals surface area (Å²) < 4.78 is 29.6. The zero-order valence-corrected chi connectivity index (χ0v) is 28.4. The molecule has 4 rings (SSSR count). The number of amides is 2. The second kappa shape index (κ2) is 15.9. The zero-order valence-electron chi connectivity index (χ0n) is 26.8. The minimum atomic E-state index is -4.17. The fourth-order valence-electron chi connectivity index (χ4n) is 5.14. The molecule has 46 heavy (non-hydrogen) atoms. The Bertz CT molecular complexity index is 1710. The van der Waals surface area contributed by atoms with Gasteiger partial charge in [-0.3, -0.25) is 13.9 Å². The Balaban J connectivity index is 1.80. The van der Waals surface area contributed by atoms with Crippen molar-refractivity contribution in [1.82, 2.24) is 10.2 Å². The summed E-state index contributed by atoms with van der Waals surface area (Å²) in [6, 6.07) is 29.4. The third-order valence-electron chi connectivity index (χ3n) is 7.80. The van der Waals surface area contributed by atoms with Crippen LogP contribution in [0.4, 0.5) is 5.69 Å². The first-order chi connectivity index (χ1) is 22.0. The number of nitrogens with one attached hydrogen (secondary N) is 1. The van der Waals surface area contributed by atoms with Crippen LogP contribution in [0.2, 0.25) is 5.02 Å². The molecule has 0 bridgehead atoms. The molecule has 0 aliphatic rings. The van der Waals surface area contributed by atoms with Gasteiger partial charge in [-0.25, -0.2) is 8.42 Å². The van der Waals surface area contributed by atoms with Crippen LogP contribution >= 0.6 is 11.6 Å². The first-order valence-electron chi connectivity index (χ1n) is 15.5. The second-order valence-electron chi connectivity index (χ2n) is 11.7. The van der Waals surface area contributed by atoms with Gasteiger partial charge in [0.25, 0.3) is 10.0 Å². The second-order valence-corrected chi connectivity index (χ2v) is 14.0. The van der Waals surface area contributed by atoms with Gasteiger partial charge < -0.3 is 10.2 Å². The smallest absolute Gasteiger partial charge is 0.264 e. The fraction of sp³-hybridized carbons (Fsp3) is 0.297. The van der Waals surface area contributed by atoms with E-state index >= 15 is 0 Å². The van der Waals surface area contributed by atoms with Crippen LogP contribution < -0.4 is 9.62 Å². The Hall–Kier alpha value is -4.14. The van der Waals surface area contributed by atoms with Crippen LogP contribution in [0, 0.1) is 6.92 Å². The van der Waals surface area contributed by atoms with Crippen LogP contribution in [0.3, 0.4) is 0 Å². The van der Waals surface area contributed by atoms with Crippen molar-refractivity contribution in [1.29, 1.82) is 0 Å². The molecule has 0 aromatic heterocycles. The molecule has 4 aromatic carbocycles. The van der Waals surface area contributed by atoms with Crippen molar-refractivity contribution in [2.45, 2.75) is 63.9 Å². The highest BCUT2D eigenvalue weighted by atomic mass is 35.5. The molecule has 2 amide bonds.